The SMILES string of the molecule is c1cc2nc([C@H]3CCCNC3)nn2cc1N1CCCC1. The molecule has 106 valence electrons. The number of pyridine rings is 1. The first-order valence-corrected chi connectivity index (χ1v) is 7.72. The fraction of sp³-hybridized carbons (Fsp3) is 0.600. The molecular formula is C15H21N5. The maximum absolute atomic E-state index is 4.71. The monoisotopic (exact) mass is 271 g/mol. The van der Waals surface area contributed by atoms with Gasteiger partial charge in [-0.2, -0.15) is 5.10 Å². The summed E-state index contributed by atoms with van der Waals surface area (Å²) < 4.78 is 1.96. The van der Waals surface area contributed by atoms with E-state index in [1.165, 1.54) is 44.5 Å². The Kier molecular flexibility index (Phi) is 3.07. The predicted molar refractivity (Wildman–Crippen MR) is 79.3 cm³/mol. The van der Waals surface area contributed by atoms with Crippen LogP contribution in [0.3, 0.4) is 0 Å². The lowest BCUT2D eigenvalue weighted by molar-refractivity contribution is 0.447. The molecule has 20 heavy (non-hydrogen) atoms. The summed E-state index contributed by atoms with van der Waals surface area (Å²) in [5, 5.41) is 8.14. The molecule has 1 atom stereocenters. The van der Waals surface area contributed by atoms with Crippen molar-refractivity contribution in [2.45, 2.75) is 31.6 Å². The highest BCUT2D eigenvalue weighted by Gasteiger charge is 2.20. The Morgan fingerprint density at radius 3 is 2.85 bits per heavy atom. The van der Waals surface area contributed by atoms with Crippen LogP contribution >= 0.6 is 0 Å². The summed E-state index contributed by atoms with van der Waals surface area (Å²) in [6.07, 6.45) is 7.15. The van der Waals surface area contributed by atoms with Crippen molar-refractivity contribution in [3.63, 3.8) is 0 Å². The van der Waals surface area contributed by atoms with E-state index in [2.05, 4.69) is 28.5 Å². The highest BCUT2D eigenvalue weighted by molar-refractivity contribution is 5.51. The molecule has 0 amide bonds. The number of rotatable bonds is 2. The molecule has 0 aliphatic carbocycles. The molecule has 0 unspecified atom stereocenters. The number of piperidine rings is 1. The van der Waals surface area contributed by atoms with Gasteiger partial charge in [0, 0.05) is 25.6 Å². The highest BCUT2D eigenvalue weighted by atomic mass is 15.3. The molecule has 0 bridgehead atoms. The first-order chi connectivity index (χ1) is 9.90. The van der Waals surface area contributed by atoms with Gasteiger partial charge in [0.05, 0.1) is 11.9 Å². The van der Waals surface area contributed by atoms with E-state index in [4.69, 9.17) is 10.1 Å². The Bertz CT molecular complexity index is 593. The van der Waals surface area contributed by atoms with Crippen LogP contribution in [0.4, 0.5) is 5.69 Å². The lowest BCUT2D eigenvalue weighted by atomic mass is 9.99. The Balaban J connectivity index is 1.64. The molecule has 0 spiro atoms. The van der Waals surface area contributed by atoms with E-state index in [1.54, 1.807) is 0 Å². The van der Waals surface area contributed by atoms with Crippen molar-refractivity contribution in [2.24, 2.45) is 0 Å². The second-order valence-corrected chi connectivity index (χ2v) is 5.90. The van der Waals surface area contributed by atoms with E-state index in [-0.39, 0.29) is 0 Å². The summed E-state index contributed by atoms with van der Waals surface area (Å²) >= 11 is 0. The fourth-order valence-electron chi connectivity index (χ4n) is 3.30. The van der Waals surface area contributed by atoms with Gasteiger partial charge in [0.15, 0.2) is 11.5 Å². The van der Waals surface area contributed by atoms with Crippen LogP contribution in [0.2, 0.25) is 0 Å². The van der Waals surface area contributed by atoms with Gasteiger partial charge in [-0.15, -0.1) is 0 Å². The van der Waals surface area contributed by atoms with Crippen LogP contribution in [0.1, 0.15) is 37.4 Å². The van der Waals surface area contributed by atoms with E-state index in [9.17, 15) is 0 Å². The quantitative estimate of drug-likeness (QED) is 0.904. The van der Waals surface area contributed by atoms with Crippen LogP contribution < -0.4 is 10.2 Å². The number of nitrogens with zero attached hydrogens (tertiary/aromatic N) is 4. The molecule has 2 aliphatic heterocycles. The topological polar surface area (TPSA) is 45.5 Å². The van der Waals surface area contributed by atoms with Gasteiger partial charge in [-0.3, -0.25) is 0 Å². The Hall–Kier alpha value is -1.62. The smallest absolute Gasteiger partial charge is 0.156 e. The summed E-state index contributed by atoms with van der Waals surface area (Å²) in [6, 6.07) is 4.28. The third kappa shape index (κ3) is 2.16. The maximum Gasteiger partial charge on any atom is 0.156 e. The van der Waals surface area contributed by atoms with Crippen LogP contribution in [-0.4, -0.2) is 40.8 Å². The number of aromatic nitrogens is 3. The summed E-state index contributed by atoms with van der Waals surface area (Å²) in [4.78, 5) is 7.13. The average molecular weight is 271 g/mol. The van der Waals surface area contributed by atoms with E-state index >= 15 is 0 Å². The van der Waals surface area contributed by atoms with Crippen molar-refractivity contribution in [1.29, 1.82) is 0 Å². The van der Waals surface area contributed by atoms with Crippen LogP contribution in [-0.2, 0) is 0 Å². The molecule has 0 aromatic carbocycles. The number of nitrogens with one attached hydrogen (secondary N) is 1. The molecule has 4 heterocycles. The molecule has 2 aromatic rings. The molecule has 2 aromatic heterocycles. The second-order valence-electron chi connectivity index (χ2n) is 5.90. The van der Waals surface area contributed by atoms with Crippen molar-refractivity contribution in [2.75, 3.05) is 31.1 Å². The van der Waals surface area contributed by atoms with Crippen LogP contribution in [0.5, 0.6) is 0 Å². The largest absolute Gasteiger partial charge is 0.370 e. The number of anilines is 1. The van der Waals surface area contributed by atoms with Crippen LogP contribution in [0, 0.1) is 0 Å². The van der Waals surface area contributed by atoms with Crippen molar-refractivity contribution >= 4 is 11.3 Å². The molecule has 5 nitrogen and oxygen atoms in total. The first kappa shape index (κ1) is 12.1. The normalized spacial score (nSPS) is 23.6. The first-order valence-electron chi connectivity index (χ1n) is 7.72. The third-order valence-corrected chi connectivity index (χ3v) is 4.46. The predicted octanol–water partition coefficient (Wildman–Crippen LogP) is 1.80. The maximum atomic E-state index is 4.71. The van der Waals surface area contributed by atoms with Crippen molar-refractivity contribution in [1.82, 2.24) is 19.9 Å². The van der Waals surface area contributed by atoms with E-state index in [1.807, 2.05) is 4.52 Å². The van der Waals surface area contributed by atoms with E-state index in [0.29, 0.717) is 5.92 Å². The molecule has 2 aliphatic rings. The molecule has 2 fully saturated rings. The standard InChI is InChI=1S/C15H21N5/c1-2-9-19(8-1)13-5-6-14-17-15(18-20(14)11-13)12-4-3-7-16-10-12/h5-6,11-12,16H,1-4,7-10H2/t12-/m0/s1. The van der Waals surface area contributed by atoms with Gasteiger partial charge in [0.25, 0.3) is 0 Å². The molecule has 4 rings (SSSR count). The zero-order valence-electron chi connectivity index (χ0n) is 11.8. The summed E-state index contributed by atoms with van der Waals surface area (Å²) in [7, 11) is 0. The Labute approximate surface area is 119 Å². The molecule has 0 radical (unpaired) electrons. The zero-order chi connectivity index (χ0) is 13.4. The number of hydrogen-bond donors (Lipinski definition) is 1. The molecule has 1 N–H and O–H groups in total. The van der Waals surface area contributed by atoms with Gasteiger partial charge >= 0.3 is 0 Å². The lowest BCUT2D eigenvalue weighted by Gasteiger charge is -2.19. The minimum atomic E-state index is 0.471. The van der Waals surface area contributed by atoms with Gasteiger partial charge in [-0.1, -0.05) is 0 Å². The molecule has 5 heteroatoms. The summed E-state index contributed by atoms with van der Waals surface area (Å²) in [6.45, 7) is 4.47. The van der Waals surface area contributed by atoms with Crippen molar-refractivity contribution in [3.8, 4) is 0 Å². The molecule has 0 saturated carbocycles. The minimum absolute atomic E-state index is 0.471. The highest BCUT2D eigenvalue weighted by Crippen LogP contribution is 2.23. The minimum Gasteiger partial charge on any atom is -0.370 e. The number of hydrogen-bond acceptors (Lipinski definition) is 4. The zero-order valence-corrected chi connectivity index (χ0v) is 11.8. The van der Waals surface area contributed by atoms with Crippen LogP contribution in [0.15, 0.2) is 18.3 Å². The summed E-state index contributed by atoms with van der Waals surface area (Å²) in [5.74, 6) is 1.47. The van der Waals surface area contributed by atoms with E-state index < -0.39 is 0 Å². The van der Waals surface area contributed by atoms with Crippen LogP contribution in [0.25, 0.3) is 5.65 Å². The second kappa shape index (κ2) is 5.05. The van der Waals surface area contributed by atoms with Crippen molar-refractivity contribution in [3.05, 3.63) is 24.2 Å². The fourth-order valence-corrected chi connectivity index (χ4v) is 3.30. The Morgan fingerprint density at radius 2 is 2.05 bits per heavy atom. The van der Waals surface area contributed by atoms with Crippen molar-refractivity contribution < 1.29 is 0 Å². The van der Waals surface area contributed by atoms with Gasteiger partial charge in [0.1, 0.15) is 0 Å². The van der Waals surface area contributed by atoms with Gasteiger partial charge < -0.3 is 10.2 Å². The third-order valence-electron chi connectivity index (χ3n) is 4.46. The Morgan fingerprint density at radius 1 is 1.15 bits per heavy atom. The summed E-state index contributed by atoms with van der Waals surface area (Å²) in [5.41, 5.74) is 2.24. The van der Waals surface area contributed by atoms with E-state index in [0.717, 1.165) is 24.6 Å². The molecule has 2 saturated heterocycles. The number of fused-ring (bicyclic) bond motifs is 1. The van der Waals surface area contributed by atoms with Gasteiger partial charge in [0.2, 0.25) is 0 Å². The van der Waals surface area contributed by atoms with Gasteiger partial charge in [-0.25, -0.2) is 9.50 Å². The lowest BCUT2D eigenvalue weighted by Crippen LogP contribution is -2.28. The average Bonchev–Trinajstić information content (AvgIpc) is 3.16. The van der Waals surface area contributed by atoms with Gasteiger partial charge in [-0.05, 0) is 44.4 Å². The molecular weight excluding hydrogens is 250 g/mol.